The van der Waals surface area contributed by atoms with Crippen LogP contribution in [-0.2, 0) is 6.61 Å². The van der Waals surface area contributed by atoms with Gasteiger partial charge >= 0.3 is 0 Å². The lowest BCUT2D eigenvalue weighted by Crippen LogP contribution is -1.91. The first-order valence-corrected chi connectivity index (χ1v) is 6.58. The molecule has 0 bridgehead atoms. The van der Waals surface area contributed by atoms with Gasteiger partial charge in [0.05, 0.1) is 6.61 Å². The van der Waals surface area contributed by atoms with Crippen LogP contribution in [-0.4, -0.2) is 5.11 Å². The number of aliphatic hydroxyl groups excluding tert-OH is 1. The van der Waals surface area contributed by atoms with E-state index < -0.39 is 0 Å². The van der Waals surface area contributed by atoms with Crippen molar-refractivity contribution in [2.24, 2.45) is 0 Å². The van der Waals surface area contributed by atoms with Crippen LogP contribution in [0.25, 0.3) is 0 Å². The maximum atomic E-state index is 9.14. The molecule has 0 aliphatic heterocycles. The molecule has 2 rings (SSSR count). The van der Waals surface area contributed by atoms with Crippen LogP contribution in [0.2, 0.25) is 0 Å². The molecular formula is C17H20O2. The fourth-order valence-corrected chi connectivity index (χ4v) is 1.97. The Kier molecular flexibility index (Phi) is 4.23. The average Bonchev–Trinajstić information content (AvgIpc) is 2.39. The highest BCUT2D eigenvalue weighted by molar-refractivity contribution is 5.38. The Morgan fingerprint density at radius 2 is 1.63 bits per heavy atom. The fourth-order valence-electron chi connectivity index (χ4n) is 1.97. The Labute approximate surface area is 114 Å². The van der Waals surface area contributed by atoms with Gasteiger partial charge in [0.15, 0.2) is 0 Å². The minimum atomic E-state index is 0.0647. The van der Waals surface area contributed by atoms with Crippen molar-refractivity contribution in [1.29, 1.82) is 0 Å². The van der Waals surface area contributed by atoms with Crippen LogP contribution in [0.5, 0.6) is 11.5 Å². The predicted molar refractivity (Wildman–Crippen MR) is 77.7 cm³/mol. The van der Waals surface area contributed by atoms with Crippen LogP contribution in [0.4, 0.5) is 0 Å². The summed E-state index contributed by atoms with van der Waals surface area (Å²) < 4.78 is 5.81. The molecule has 2 nitrogen and oxygen atoms in total. The molecule has 1 N–H and O–H groups in total. The molecule has 2 aromatic carbocycles. The minimum Gasteiger partial charge on any atom is -0.457 e. The standard InChI is InChI=1S/C17H20O2/c1-12(2)14-4-7-16(8-5-14)19-17-9-6-15(11-18)13(3)10-17/h4-10,12,18H,11H2,1-3H3. The van der Waals surface area contributed by atoms with Crippen LogP contribution in [0, 0.1) is 6.92 Å². The lowest BCUT2D eigenvalue weighted by atomic mass is 10.0. The SMILES string of the molecule is Cc1cc(Oc2ccc(C(C)C)cc2)ccc1CO. The van der Waals surface area contributed by atoms with E-state index >= 15 is 0 Å². The number of rotatable bonds is 4. The topological polar surface area (TPSA) is 29.5 Å². The second kappa shape index (κ2) is 5.89. The summed E-state index contributed by atoms with van der Waals surface area (Å²) in [5.41, 5.74) is 3.28. The minimum absolute atomic E-state index is 0.0647. The van der Waals surface area contributed by atoms with Gasteiger partial charge in [-0.05, 0) is 53.8 Å². The van der Waals surface area contributed by atoms with Crippen molar-refractivity contribution in [3.05, 3.63) is 59.2 Å². The second-order valence-corrected chi connectivity index (χ2v) is 5.07. The van der Waals surface area contributed by atoms with Gasteiger partial charge in [0, 0.05) is 0 Å². The van der Waals surface area contributed by atoms with Gasteiger partial charge < -0.3 is 9.84 Å². The van der Waals surface area contributed by atoms with Crippen molar-refractivity contribution >= 4 is 0 Å². The molecule has 0 amide bonds. The summed E-state index contributed by atoms with van der Waals surface area (Å²) >= 11 is 0. The molecule has 0 heterocycles. The summed E-state index contributed by atoms with van der Waals surface area (Å²) in [6.45, 7) is 6.38. The third kappa shape index (κ3) is 3.36. The molecule has 100 valence electrons. The van der Waals surface area contributed by atoms with Crippen molar-refractivity contribution in [3.63, 3.8) is 0 Å². The van der Waals surface area contributed by atoms with Gasteiger partial charge in [-0.25, -0.2) is 0 Å². The van der Waals surface area contributed by atoms with Gasteiger partial charge in [-0.1, -0.05) is 32.0 Å². The van der Waals surface area contributed by atoms with Gasteiger partial charge in [-0.2, -0.15) is 0 Å². The van der Waals surface area contributed by atoms with Crippen molar-refractivity contribution in [1.82, 2.24) is 0 Å². The smallest absolute Gasteiger partial charge is 0.127 e. The first-order chi connectivity index (χ1) is 9.10. The van der Waals surface area contributed by atoms with E-state index in [1.165, 1.54) is 5.56 Å². The van der Waals surface area contributed by atoms with Crippen molar-refractivity contribution in [2.75, 3.05) is 0 Å². The molecule has 19 heavy (non-hydrogen) atoms. The van der Waals surface area contributed by atoms with E-state index in [0.717, 1.165) is 22.6 Å². The maximum Gasteiger partial charge on any atom is 0.127 e. The number of aryl methyl sites for hydroxylation is 1. The Morgan fingerprint density at radius 3 is 2.16 bits per heavy atom. The van der Waals surface area contributed by atoms with E-state index in [0.29, 0.717) is 5.92 Å². The first-order valence-electron chi connectivity index (χ1n) is 6.58. The molecular weight excluding hydrogens is 236 g/mol. The van der Waals surface area contributed by atoms with E-state index in [1.807, 2.05) is 37.3 Å². The van der Waals surface area contributed by atoms with Crippen LogP contribution in [0.15, 0.2) is 42.5 Å². The number of hydrogen-bond donors (Lipinski definition) is 1. The van der Waals surface area contributed by atoms with Gasteiger partial charge in [-0.15, -0.1) is 0 Å². The second-order valence-electron chi connectivity index (χ2n) is 5.07. The molecule has 0 fully saturated rings. The molecule has 0 atom stereocenters. The summed E-state index contributed by atoms with van der Waals surface area (Å²) in [5, 5.41) is 9.14. The predicted octanol–water partition coefficient (Wildman–Crippen LogP) is 4.40. The Hall–Kier alpha value is -1.80. The maximum absolute atomic E-state index is 9.14. The molecule has 0 radical (unpaired) electrons. The van der Waals surface area contributed by atoms with Crippen LogP contribution < -0.4 is 4.74 Å². The molecule has 2 aromatic rings. The van der Waals surface area contributed by atoms with E-state index in [9.17, 15) is 0 Å². The van der Waals surface area contributed by atoms with Gasteiger partial charge in [0.1, 0.15) is 11.5 Å². The van der Waals surface area contributed by atoms with Crippen molar-refractivity contribution in [2.45, 2.75) is 33.3 Å². The third-order valence-electron chi connectivity index (χ3n) is 3.27. The number of hydrogen-bond acceptors (Lipinski definition) is 2. The van der Waals surface area contributed by atoms with Crippen molar-refractivity contribution < 1.29 is 9.84 Å². The van der Waals surface area contributed by atoms with E-state index in [1.54, 1.807) is 0 Å². The highest BCUT2D eigenvalue weighted by Gasteiger charge is 2.03. The number of benzene rings is 2. The van der Waals surface area contributed by atoms with Crippen LogP contribution >= 0.6 is 0 Å². The first kappa shape index (κ1) is 13.6. The van der Waals surface area contributed by atoms with E-state index in [2.05, 4.69) is 26.0 Å². The zero-order valence-electron chi connectivity index (χ0n) is 11.7. The Balaban J connectivity index is 2.14. The van der Waals surface area contributed by atoms with Crippen molar-refractivity contribution in [3.8, 4) is 11.5 Å². The quantitative estimate of drug-likeness (QED) is 0.878. The van der Waals surface area contributed by atoms with Gasteiger partial charge in [0.25, 0.3) is 0 Å². The molecule has 2 heteroatoms. The summed E-state index contributed by atoms with van der Waals surface area (Å²) in [5.74, 6) is 2.16. The Morgan fingerprint density at radius 1 is 1.00 bits per heavy atom. The zero-order valence-corrected chi connectivity index (χ0v) is 11.7. The third-order valence-corrected chi connectivity index (χ3v) is 3.27. The van der Waals surface area contributed by atoms with Crippen LogP contribution in [0.3, 0.4) is 0 Å². The summed E-state index contributed by atoms with van der Waals surface area (Å²) in [4.78, 5) is 0. The summed E-state index contributed by atoms with van der Waals surface area (Å²) in [6, 6.07) is 13.9. The fraction of sp³-hybridized carbons (Fsp3) is 0.294. The highest BCUT2D eigenvalue weighted by atomic mass is 16.5. The average molecular weight is 256 g/mol. The van der Waals surface area contributed by atoms with Crippen LogP contribution in [0.1, 0.15) is 36.5 Å². The molecule has 0 saturated heterocycles. The monoisotopic (exact) mass is 256 g/mol. The van der Waals surface area contributed by atoms with E-state index in [-0.39, 0.29) is 6.61 Å². The highest BCUT2D eigenvalue weighted by Crippen LogP contribution is 2.25. The normalized spacial score (nSPS) is 10.8. The molecule has 0 aliphatic rings. The number of aliphatic hydroxyl groups is 1. The lowest BCUT2D eigenvalue weighted by Gasteiger charge is -2.10. The summed E-state index contributed by atoms with van der Waals surface area (Å²) in [6.07, 6.45) is 0. The van der Waals surface area contributed by atoms with Gasteiger partial charge in [-0.3, -0.25) is 0 Å². The number of ether oxygens (including phenoxy) is 1. The van der Waals surface area contributed by atoms with Gasteiger partial charge in [0.2, 0.25) is 0 Å². The Bertz CT molecular complexity index is 542. The zero-order chi connectivity index (χ0) is 13.8. The molecule has 0 aromatic heterocycles. The largest absolute Gasteiger partial charge is 0.457 e. The lowest BCUT2D eigenvalue weighted by molar-refractivity contribution is 0.281. The molecule has 0 aliphatic carbocycles. The molecule has 0 saturated carbocycles. The molecule has 0 spiro atoms. The van der Waals surface area contributed by atoms with E-state index in [4.69, 9.17) is 9.84 Å². The molecule has 0 unspecified atom stereocenters. The summed E-state index contributed by atoms with van der Waals surface area (Å²) in [7, 11) is 0.